The number of carbonyl (C=O) groups excluding carboxylic acids is 1. The number of benzene rings is 1. The van der Waals surface area contributed by atoms with Crippen molar-refractivity contribution in [3.05, 3.63) is 63.9 Å². The number of nitrogens with one attached hydrogen (secondary N) is 1. The molecular weight excluding hydrogens is 304 g/mol. The number of carbonyl (C=O) groups is 1. The summed E-state index contributed by atoms with van der Waals surface area (Å²) in [5, 5.41) is 2.96. The van der Waals surface area contributed by atoms with Crippen molar-refractivity contribution in [1.82, 2.24) is 10.3 Å². The van der Waals surface area contributed by atoms with Crippen LogP contribution in [0.4, 0.5) is 0 Å². The summed E-state index contributed by atoms with van der Waals surface area (Å²) in [6.45, 7) is 4.01. The van der Waals surface area contributed by atoms with E-state index >= 15 is 0 Å². The first-order valence-corrected chi connectivity index (χ1v) is 6.85. The van der Waals surface area contributed by atoms with E-state index < -0.39 is 0 Å². The zero-order valence-corrected chi connectivity index (χ0v) is 12.4. The van der Waals surface area contributed by atoms with E-state index in [0.29, 0.717) is 5.69 Å². The van der Waals surface area contributed by atoms with Crippen molar-refractivity contribution in [2.75, 3.05) is 0 Å². The van der Waals surface area contributed by atoms with Gasteiger partial charge in [-0.2, -0.15) is 0 Å². The predicted molar refractivity (Wildman–Crippen MR) is 79.0 cm³/mol. The third-order valence-electron chi connectivity index (χ3n) is 2.96. The Labute approximate surface area is 121 Å². The van der Waals surface area contributed by atoms with Crippen LogP contribution in [-0.2, 0) is 0 Å². The topological polar surface area (TPSA) is 42.0 Å². The van der Waals surface area contributed by atoms with E-state index in [2.05, 4.69) is 26.2 Å². The second-order valence-electron chi connectivity index (χ2n) is 4.41. The quantitative estimate of drug-likeness (QED) is 0.938. The molecule has 0 aliphatic carbocycles. The summed E-state index contributed by atoms with van der Waals surface area (Å²) in [7, 11) is 0. The molecule has 1 unspecified atom stereocenters. The fourth-order valence-electron chi connectivity index (χ4n) is 1.93. The Morgan fingerprint density at radius 1 is 1.26 bits per heavy atom. The van der Waals surface area contributed by atoms with Crippen molar-refractivity contribution >= 4 is 21.8 Å². The third-order valence-corrected chi connectivity index (χ3v) is 3.43. The van der Waals surface area contributed by atoms with E-state index in [-0.39, 0.29) is 11.9 Å². The Morgan fingerprint density at radius 3 is 2.63 bits per heavy atom. The number of amides is 1. The third kappa shape index (κ3) is 3.41. The Kier molecular flexibility index (Phi) is 4.32. The lowest BCUT2D eigenvalue weighted by molar-refractivity contribution is 0.0935. The van der Waals surface area contributed by atoms with E-state index in [0.717, 1.165) is 10.0 Å². The smallest absolute Gasteiger partial charge is 0.270 e. The number of hydrogen-bond donors (Lipinski definition) is 1. The highest BCUT2D eigenvalue weighted by Crippen LogP contribution is 2.17. The molecule has 1 amide bonds. The van der Waals surface area contributed by atoms with Gasteiger partial charge in [0.15, 0.2) is 0 Å². The summed E-state index contributed by atoms with van der Waals surface area (Å²) >= 11 is 3.30. The van der Waals surface area contributed by atoms with Gasteiger partial charge in [0.05, 0.1) is 6.04 Å². The Hall–Kier alpha value is -1.68. The van der Waals surface area contributed by atoms with Crippen LogP contribution in [0.3, 0.4) is 0 Å². The van der Waals surface area contributed by atoms with Gasteiger partial charge in [0, 0.05) is 10.7 Å². The molecule has 3 nitrogen and oxygen atoms in total. The molecule has 0 aliphatic heterocycles. The van der Waals surface area contributed by atoms with E-state index in [9.17, 15) is 4.79 Å². The Bertz CT molecular complexity index is 581. The van der Waals surface area contributed by atoms with Crippen LogP contribution < -0.4 is 5.32 Å². The molecule has 1 aromatic carbocycles. The molecule has 1 aromatic heterocycles. The van der Waals surface area contributed by atoms with E-state index in [1.165, 1.54) is 5.56 Å². The number of aromatic nitrogens is 1. The van der Waals surface area contributed by atoms with E-state index in [1.807, 2.05) is 38.1 Å². The minimum absolute atomic E-state index is 0.0425. The number of halogens is 1. The monoisotopic (exact) mass is 318 g/mol. The summed E-state index contributed by atoms with van der Waals surface area (Å²) in [6, 6.07) is 11.5. The number of rotatable bonds is 3. The van der Waals surface area contributed by atoms with E-state index in [1.54, 1.807) is 18.3 Å². The SMILES string of the molecule is Cc1ccccc1C(C)NC(=O)c1ccc(Br)cn1. The van der Waals surface area contributed by atoms with Gasteiger partial charge in [-0.3, -0.25) is 4.79 Å². The normalized spacial score (nSPS) is 11.9. The number of hydrogen-bond acceptors (Lipinski definition) is 2. The fraction of sp³-hybridized carbons (Fsp3) is 0.200. The van der Waals surface area contributed by atoms with Gasteiger partial charge in [0.25, 0.3) is 5.91 Å². The van der Waals surface area contributed by atoms with Crippen LogP contribution in [-0.4, -0.2) is 10.9 Å². The van der Waals surface area contributed by atoms with Gasteiger partial charge in [0.2, 0.25) is 0 Å². The minimum Gasteiger partial charge on any atom is -0.344 e. The lowest BCUT2D eigenvalue weighted by atomic mass is 10.0. The Morgan fingerprint density at radius 2 is 2.00 bits per heavy atom. The molecule has 0 fully saturated rings. The lowest BCUT2D eigenvalue weighted by Crippen LogP contribution is -2.27. The van der Waals surface area contributed by atoms with Crippen molar-refractivity contribution in [3.63, 3.8) is 0 Å². The van der Waals surface area contributed by atoms with Crippen LogP contribution in [0.1, 0.15) is 34.6 Å². The molecule has 19 heavy (non-hydrogen) atoms. The molecule has 1 heterocycles. The average Bonchev–Trinajstić information content (AvgIpc) is 2.39. The van der Waals surface area contributed by atoms with Crippen molar-refractivity contribution in [2.45, 2.75) is 19.9 Å². The van der Waals surface area contributed by atoms with Crippen molar-refractivity contribution in [2.24, 2.45) is 0 Å². The largest absolute Gasteiger partial charge is 0.344 e. The van der Waals surface area contributed by atoms with Crippen molar-refractivity contribution < 1.29 is 4.79 Å². The molecular formula is C15H15BrN2O. The van der Waals surface area contributed by atoms with Gasteiger partial charge in [-0.1, -0.05) is 24.3 Å². The van der Waals surface area contributed by atoms with Gasteiger partial charge < -0.3 is 5.32 Å². The van der Waals surface area contributed by atoms with Gasteiger partial charge in [0.1, 0.15) is 5.69 Å². The van der Waals surface area contributed by atoms with E-state index in [4.69, 9.17) is 0 Å². The number of pyridine rings is 1. The maximum absolute atomic E-state index is 12.1. The number of nitrogens with zero attached hydrogens (tertiary/aromatic N) is 1. The molecule has 4 heteroatoms. The molecule has 2 aromatic rings. The molecule has 0 saturated carbocycles. The summed E-state index contributed by atoms with van der Waals surface area (Å²) in [6.07, 6.45) is 1.62. The average molecular weight is 319 g/mol. The summed E-state index contributed by atoms with van der Waals surface area (Å²) in [5.41, 5.74) is 2.70. The highest BCUT2D eigenvalue weighted by molar-refractivity contribution is 9.10. The minimum atomic E-state index is -0.164. The highest BCUT2D eigenvalue weighted by atomic mass is 79.9. The number of aryl methyl sites for hydroxylation is 1. The zero-order chi connectivity index (χ0) is 13.8. The van der Waals surface area contributed by atoms with Crippen LogP contribution >= 0.6 is 15.9 Å². The van der Waals surface area contributed by atoms with Crippen molar-refractivity contribution in [3.8, 4) is 0 Å². The molecule has 1 atom stereocenters. The second-order valence-corrected chi connectivity index (χ2v) is 5.33. The molecule has 98 valence electrons. The fourth-order valence-corrected chi connectivity index (χ4v) is 2.17. The van der Waals surface area contributed by atoms with Crippen LogP contribution in [0.5, 0.6) is 0 Å². The van der Waals surface area contributed by atoms with Crippen molar-refractivity contribution in [1.29, 1.82) is 0 Å². The maximum atomic E-state index is 12.1. The first-order chi connectivity index (χ1) is 9.08. The lowest BCUT2D eigenvalue weighted by Gasteiger charge is -2.16. The summed E-state index contributed by atoms with van der Waals surface area (Å²) < 4.78 is 0.857. The summed E-state index contributed by atoms with van der Waals surface area (Å²) in [4.78, 5) is 16.2. The van der Waals surface area contributed by atoms with Crippen LogP contribution in [0.25, 0.3) is 0 Å². The first-order valence-electron chi connectivity index (χ1n) is 6.06. The molecule has 2 rings (SSSR count). The second kappa shape index (κ2) is 5.97. The molecule has 0 saturated heterocycles. The van der Waals surface area contributed by atoms with Gasteiger partial charge >= 0.3 is 0 Å². The molecule has 1 N–H and O–H groups in total. The predicted octanol–water partition coefficient (Wildman–Crippen LogP) is 3.64. The molecule has 0 radical (unpaired) electrons. The standard InChI is InChI=1S/C15H15BrN2O/c1-10-5-3-4-6-13(10)11(2)18-15(19)14-8-7-12(16)9-17-14/h3-9,11H,1-2H3,(H,18,19). The van der Waals surface area contributed by atoms with Gasteiger partial charge in [-0.15, -0.1) is 0 Å². The van der Waals surface area contributed by atoms with Crippen LogP contribution in [0.15, 0.2) is 47.1 Å². The first kappa shape index (κ1) is 13.7. The van der Waals surface area contributed by atoms with Crippen LogP contribution in [0.2, 0.25) is 0 Å². The maximum Gasteiger partial charge on any atom is 0.270 e. The van der Waals surface area contributed by atoms with Gasteiger partial charge in [-0.05, 0) is 53.0 Å². The molecule has 0 bridgehead atoms. The zero-order valence-electron chi connectivity index (χ0n) is 10.9. The Balaban J connectivity index is 2.11. The van der Waals surface area contributed by atoms with Crippen LogP contribution in [0, 0.1) is 6.92 Å². The highest BCUT2D eigenvalue weighted by Gasteiger charge is 2.13. The molecule has 0 aliphatic rings. The summed E-state index contributed by atoms with van der Waals surface area (Å²) in [5.74, 6) is -0.164. The molecule has 0 spiro atoms. The van der Waals surface area contributed by atoms with Gasteiger partial charge in [-0.25, -0.2) is 4.98 Å².